The van der Waals surface area contributed by atoms with Gasteiger partial charge in [0, 0.05) is 28.8 Å². The van der Waals surface area contributed by atoms with Crippen molar-refractivity contribution in [3.05, 3.63) is 30.1 Å². The number of halogens is 1. The van der Waals surface area contributed by atoms with Gasteiger partial charge in [-0.2, -0.15) is 0 Å². The zero-order valence-corrected chi connectivity index (χ0v) is 7.91. The van der Waals surface area contributed by atoms with E-state index >= 15 is 0 Å². The number of nitrogens with one attached hydrogen (secondary N) is 1. The van der Waals surface area contributed by atoms with E-state index in [9.17, 15) is 4.79 Å². The number of carbonyl (C=O) groups excluding carboxylic acids is 1. The summed E-state index contributed by atoms with van der Waals surface area (Å²) < 4.78 is -0.0618. The number of nitrogens with zero attached hydrogens (tertiary/aromatic N) is 1. The number of pyridine rings is 1. The number of hydrogen-bond donors (Lipinski definition) is 1. The Morgan fingerprint density at radius 1 is 1.64 bits per heavy atom. The molecule has 0 saturated carbocycles. The number of rotatable bonds is 2. The summed E-state index contributed by atoms with van der Waals surface area (Å²) in [6.07, 6.45) is 1.70. The van der Waals surface area contributed by atoms with Crippen LogP contribution in [0.2, 0.25) is 0 Å². The van der Waals surface area contributed by atoms with Gasteiger partial charge in [-0.1, -0.05) is 6.07 Å². The highest BCUT2D eigenvalue weighted by atomic mass is 127. The van der Waals surface area contributed by atoms with Gasteiger partial charge in [-0.05, 0) is 12.1 Å². The molecule has 4 heteroatoms. The van der Waals surface area contributed by atoms with Crippen molar-refractivity contribution < 1.29 is 4.79 Å². The molecule has 0 fully saturated rings. The normalized spacial score (nSPS) is 9.18. The van der Waals surface area contributed by atoms with Crippen LogP contribution in [0.25, 0.3) is 0 Å². The minimum Gasteiger partial charge on any atom is -0.342 e. The van der Waals surface area contributed by atoms with E-state index in [1.165, 1.54) is 0 Å². The molecule has 1 aromatic rings. The quantitative estimate of drug-likeness (QED) is 0.501. The van der Waals surface area contributed by atoms with Gasteiger partial charge in [0.25, 0.3) is 3.91 Å². The lowest BCUT2D eigenvalue weighted by atomic mass is 10.3. The van der Waals surface area contributed by atoms with E-state index in [0.717, 1.165) is 5.69 Å². The van der Waals surface area contributed by atoms with Gasteiger partial charge in [-0.3, -0.25) is 9.78 Å². The van der Waals surface area contributed by atoms with Crippen LogP contribution in [-0.4, -0.2) is 8.90 Å². The molecule has 3 nitrogen and oxygen atoms in total. The number of hydrogen-bond acceptors (Lipinski definition) is 2. The third-order valence-corrected chi connectivity index (χ3v) is 1.52. The van der Waals surface area contributed by atoms with E-state index < -0.39 is 0 Å². The van der Waals surface area contributed by atoms with Gasteiger partial charge in [0.05, 0.1) is 12.2 Å². The summed E-state index contributed by atoms with van der Waals surface area (Å²) in [5, 5.41) is 2.65. The average molecular weight is 262 g/mol. The van der Waals surface area contributed by atoms with Gasteiger partial charge in [-0.25, -0.2) is 0 Å². The highest BCUT2D eigenvalue weighted by Crippen LogP contribution is 1.93. The lowest BCUT2D eigenvalue weighted by Crippen LogP contribution is -2.15. The zero-order chi connectivity index (χ0) is 8.10. The fraction of sp³-hybridized carbons (Fsp3) is 0.143. The SMILES string of the molecule is O=C(I)NCc1ccccn1. The smallest absolute Gasteiger partial charge is 0.280 e. The number of amides is 1. The molecule has 58 valence electrons. The number of carbonyl (C=O) groups is 1. The number of aromatic nitrogens is 1. The molecular formula is C7H7IN2O. The Kier molecular flexibility index (Phi) is 3.28. The summed E-state index contributed by atoms with van der Waals surface area (Å²) in [5.74, 6) is 0. The van der Waals surface area contributed by atoms with Crippen molar-refractivity contribution in [2.75, 3.05) is 0 Å². The molecule has 1 aromatic heterocycles. The third kappa shape index (κ3) is 3.31. The van der Waals surface area contributed by atoms with E-state index in [1.807, 2.05) is 18.2 Å². The summed E-state index contributed by atoms with van der Waals surface area (Å²) in [5.41, 5.74) is 0.873. The first-order valence-corrected chi connectivity index (χ1v) is 4.20. The maximum Gasteiger partial charge on any atom is 0.280 e. The Labute approximate surface area is 78.4 Å². The molecule has 0 aromatic carbocycles. The van der Waals surface area contributed by atoms with Gasteiger partial charge in [0.1, 0.15) is 0 Å². The first kappa shape index (κ1) is 8.45. The Hall–Kier alpha value is -0.650. The Morgan fingerprint density at radius 2 is 2.45 bits per heavy atom. The predicted octanol–water partition coefficient (Wildman–Crippen LogP) is 1.73. The van der Waals surface area contributed by atoms with Crippen LogP contribution in [0.5, 0.6) is 0 Å². The van der Waals surface area contributed by atoms with E-state index in [-0.39, 0.29) is 3.91 Å². The lowest BCUT2D eigenvalue weighted by molar-refractivity contribution is 0.262. The highest BCUT2D eigenvalue weighted by Gasteiger charge is 1.93. The topological polar surface area (TPSA) is 42.0 Å². The summed E-state index contributed by atoms with van der Waals surface area (Å²) in [4.78, 5) is 14.5. The van der Waals surface area contributed by atoms with Crippen LogP contribution in [0, 0.1) is 0 Å². The van der Waals surface area contributed by atoms with Crippen LogP contribution >= 0.6 is 22.6 Å². The van der Waals surface area contributed by atoms with E-state index in [4.69, 9.17) is 0 Å². The van der Waals surface area contributed by atoms with Gasteiger partial charge in [0.2, 0.25) is 0 Å². The second kappa shape index (κ2) is 4.27. The lowest BCUT2D eigenvalue weighted by Gasteiger charge is -1.98. The van der Waals surface area contributed by atoms with Crippen molar-refractivity contribution in [1.82, 2.24) is 10.3 Å². The fourth-order valence-corrected chi connectivity index (χ4v) is 0.853. The van der Waals surface area contributed by atoms with Crippen LogP contribution in [0.4, 0.5) is 4.79 Å². The van der Waals surface area contributed by atoms with Crippen molar-refractivity contribution in [3.8, 4) is 0 Å². The van der Waals surface area contributed by atoms with Crippen molar-refractivity contribution in [1.29, 1.82) is 0 Å². The van der Waals surface area contributed by atoms with Crippen LogP contribution < -0.4 is 5.32 Å². The minimum absolute atomic E-state index is 0.0618. The third-order valence-electron chi connectivity index (χ3n) is 1.13. The molecule has 0 unspecified atom stereocenters. The molecular weight excluding hydrogens is 255 g/mol. The highest BCUT2D eigenvalue weighted by molar-refractivity contribution is 14.1. The zero-order valence-electron chi connectivity index (χ0n) is 5.75. The molecule has 0 bridgehead atoms. The molecule has 0 aliphatic rings. The molecule has 1 N–H and O–H groups in total. The Morgan fingerprint density at radius 3 is 3.00 bits per heavy atom. The predicted molar refractivity (Wildman–Crippen MR) is 50.5 cm³/mol. The fourth-order valence-electron chi connectivity index (χ4n) is 0.663. The summed E-state index contributed by atoms with van der Waals surface area (Å²) in [6.45, 7) is 0.503. The average Bonchev–Trinajstić information content (AvgIpc) is 2.03. The van der Waals surface area contributed by atoms with Crippen molar-refractivity contribution in [2.24, 2.45) is 0 Å². The second-order valence-electron chi connectivity index (χ2n) is 1.95. The summed E-state index contributed by atoms with van der Waals surface area (Å²) in [6, 6.07) is 5.60. The Balaban J connectivity index is 2.45. The summed E-state index contributed by atoms with van der Waals surface area (Å²) in [7, 11) is 0. The molecule has 0 spiro atoms. The van der Waals surface area contributed by atoms with E-state index in [0.29, 0.717) is 6.54 Å². The molecule has 0 aliphatic heterocycles. The van der Waals surface area contributed by atoms with Gasteiger partial charge in [-0.15, -0.1) is 0 Å². The van der Waals surface area contributed by atoms with Crippen LogP contribution in [0.15, 0.2) is 24.4 Å². The van der Waals surface area contributed by atoms with E-state index in [2.05, 4.69) is 10.3 Å². The van der Waals surface area contributed by atoms with Gasteiger partial charge in [0.15, 0.2) is 0 Å². The first-order valence-electron chi connectivity index (χ1n) is 3.12. The second-order valence-corrected chi connectivity index (χ2v) is 2.93. The maximum absolute atomic E-state index is 10.5. The molecule has 1 heterocycles. The van der Waals surface area contributed by atoms with Gasteiger partial charge < -0.3 is 5.32 Å². The molecule has 1 amide bonds. The van der Waals surface area contributed by atoms with Crippen LogP contribution in [-0.2, 0) is 6.54 Å². The van der Waals surface area contributed by atoms with Crippen molar-refractivity contribution in [2.45, 2.75) is 6.54 Å². The molecule has 1 rings (SSSR count). The summed E-state index contributed by atoms with van der Waals surface area (Å²) >= 11 is 1.69. The molecule has 0 radical (unpaired) electrons. The van der Waals surface area contributed by atoms with Crippen LogP contribution in [0.1, 0.15) is 5.69 Å². The van der Waals surface area contributed by atoms with Gasteiger partial charge >= 0.3 is 0 Å². The monoisotopic (exact) mass is 262 g/mol. The van der Waals surface area contributed by atoms with E-state index in [1.54, 1.807) is 28.8 Å². The molecule has 0 saturated heterocycles. The van der Waals surface area contributed by atoms with Crippen molar-refractivity contribution >= 4 is 26.5 Å². The standard InChI is InChI=1S/C7H7IN2O/c8-7(11)10-5-6-3-1-2-4-9-6/h1-4H,5H2,(H,10,11). The molecule has 0 atom stereocenters. The van der Waals surface area contributed by atoms with Crippen molar-refractivity contribution in [3.63, 3.8) is 0 Å². The first-order chi connectivity index (χ1) is 5.29. The minimum atomic E-state index is -0.0618. The largest absolute Gasteiger partial charge is 0.342 e. The molecule has 0 aliphatic carbocycles. The molecule has 11 heavy (non-hydrogen) atoms. The maximum atomic E-state index is 10.5. The van der Waals surface area contributed by atoms with Crippen LogP contribution in [0.3, 0.4) is 0 Å². The Bertz CT molecular complexity index is 237.